The summed E-state index contributed by atoms with van der Waals surface area (Å²) in [5, 5.41) is 0.241. The van der Waals surface area contributed by atoms with Gasteiger partial charge in [0.05, 0.1) is 11.3 Å². The second-order valence-corrected chi connectivity index (χ2v) is 6.99. The largest absolute Gasteiger partial charge is 0.418 e. The first-order valence-electron chi connectivity index (χ1n) is 8.73. The normalized spacial score (nSPS) is 14.5. The first kappa shape index (κ1) is 20.1. The van der Waals surface area contributed by atoms with Crippen molar-refractivity contribution in [2.45, 2.75) is 13.1 Å². The summed E-state index contributed by atoms with van der Waals surface area (Å²) in [7, 11) is 0. The first-order valence-corrected chi connectivity index (χ1v) is 9.11. The SMILES string of the molecule is Cc1ccc(C#CC(=O)N2CCN(c3cc(Cl)ccc3C(F)(F)F)CC2)cc1. The molecule has 0 spiro atoms. The van der Waals surface area contributed by atoms with Crippen molar-refractivity contribution in [3.63, 3.8) is 0 Å². The van der Waals surface area contributed by atoms with E-state index < -0.39 is 11.7 Å². The number of carbonyl (C=O) groups is 1. The lowest BCUT2D eigenvalue weighted by molar-refractivity contribution is -0.137. The molecule has 0 bridgehead atoms. The smallest absolute Gasteiger partial charge is 0.367 e. The molecule has 1 amide bonds. The van der Waals surface area contributed by atoms with Gasteiger partial charge in [0.15, 0.2) is 0 Å². The Morgan fingerprint density at radius 1 is 1.04 bits per heavy atom. The van der Waals surface area contributed by atoms with Crippen LogP contribution in [0.25, 0.3) is 0 Å². The molecule has 0 N–H and O–H groups in total. The molecule has 1 fully saturated rings. The Kier molecular flexibility index (Phi) is 5.85. The average Bonchev–Trinajstić information content (AvgIpc) is 2.66. The van der Waals surface area contributed by atoms with Gasteiger partial charge in [0.1, 0.15) is 0 Å². The van der Waals surface area contributed by atoms with Gasteiger partial charge in [0.2, 0.25) is 0 Å². The van der Waals surface area contributed by atoms with Crippen molar-refractivity contribution in [3.05, 3.63) is 64.2 Å². The molecule has 0 unspecified atom stereocenters. The molecule has 0 aromatic heterocycles. The zero-order valence-electron chi connectivity index (χ0n) is 15.2. The van der Waals surface area contributed by atoms with Gasteiger partial charge in [-0.25, -0.2) is 0 Å². The summed E-state index contributed by atoms with van der Waals surface area (Å²) in [6.07, 6.45) is -4.47. The monoisotopic (exact) mass is 406 g/mol. The van der Waals surface area contributed by atoms with E-state index in [1.807, 2.05) is 31.2 Å². The molecule has 0 saturated carbocycles. The summed E-state index contributed by atoms with van der Waals surface area (Å²) < 4.78 is 39.8. The molecule has 1 saturated heterocycles. The van der Waals surface area contributed by atoms with Crippen LogP contribution in [-0.2, 0) is 11.0 Å². The zero-order chi connectivity index (χ0) is 20.3. The fraction of sp³-hybridized carbons (Fsp3) is 0.286. The van der Waals surface area contributed by atoms with Crippen LogP contribution in [0.5, 0.6) is 0 Å². The van der Waals surface area contributed by atoms with Crippen molar-refractivity contribution in [2.24, 2.45) is 0 Å². The minimum atomic E-state index is -4.47. The van der Waals surface area contributed by atoms with Crippen LogP contribution in [0.3, 0.4) is 0 Å². The number of nitrogens with zero attached hydrogens (tertiary/aromatic N) is 2. The Bertz CT molecular complexity index is 921. The van der Waals surface area contributed by atoms with Crippen molar-refractivity contribution in [1.82, 2.24) is 4.90 Å². The van der Waals surface area contributed by atoms with Crippen LogP contribution in [0.1, 0.15) is 16.7 Å². The highest BCUT2D eigenvalue weighted by Gasteiger charge is 2.35. The van der Waals surface area contributed by atoms with E-state index >= 15 is 0 Å². The molecule has 0 aliphatic carbocycles. The summed E-state index contributed by atoms with van der Waals surface area (Å²) in [5.74, 6) is 5.10. The maximum atomic E-state index is 13.3. The van der Waals surface area contributed by atoms with E-state index in [4.69, 9.17) is 11.6 Å². The van der Waals surface area contributed by atoms with Gasteiger partial charge in [0, 0.05) is 42.7 Å². The van der Waals surface area contributed by atoms with Gasteiger partial charge in [-0.05, 0) is 37.3 Å². The molecule has 28 heavy (non-hydrogen) atoms. The standard InChI is InChI=1S/C21H18ClF3N2O/c1-15-2-4-16(5-3-15)6-9-20(28)27-12-10-26(11-13-27)19-14-17(22)7-8-18(19)21(23,24)25/h2-5,7-8,14H,10-13H2,1H3. The fourth-order valence-corrected chi connectivity index (χ4v) is 3.16. The second-order valence-electron chi connectivity index (χ2n) is 6.55. The third kappa shape index (κ3) is 4.79. The average molecular weight is 407 g/mol. The maximum Gasteiger partial charge on any atom is 0.418 e. The number of hydrogen-bond acceptors (Lipinski definition) is 2. The van der Waals surface area contributed by atoms with Gasteiger partial charge >= 0.3 is 6.18 Å². The number of amides is 1. The molecule has 3 rings (SSSR count). The van der Waals surface area contributed by atoms with Crippen molar-refractivity contribution < 1.29 is 18.0 Å². The van der Waals surface area contributed by atoms with Gasteiger partial charge in [-0.3, -0.25) is 4.79 Å². The van der Waals surface area contributed by atoms with Gasteiger partial charge in [-0.15, -0.1) is 0 Å². The van der Waals surface area contributed by atoms with Gasteiger partial charge in [0.25, 0.3) is 5.91 Å². The maximum absolute atomic E-state index is 13.3. The highest BCUT2D eigenvalue weighted by Crippen LogP contribution is 2.38. The summed E-state index contributed by atoms with van der Waals surface area (Å²) in [6.45, 7) is 3.12. The van der Waals surface area contributed by atoms with E-state index in [0.717, 1.165) is 17.2 Å². The Balaban J connectivity index is 1.68. The van der Waals surface area contributed by atoms with Crippen LogP contribution in [0, 0.1) is 18.8 Å². The molecule has 0 radical (unpaired) electrons. The molecule has 146 valence electrons. The number of alkyl halides is 3. The number of aryl methyl sites for hydroxylation is 1. The number of hydrogen-bond donors (Lipinski definition) is 0. The summed E-state index contributed by atoms with van der Waals surface area (Å²) >= 11 is 5.90. The molecule has 0 atom stereocenters. The number of piperazine rings is 1. The third-order valence-electron chi connectivity index (χ3n) is 4.54. The molecule has 1 heterocycles. The van der Waals surface area contributed by atoms with E-state index in [1.165, 1.54) is 12.1 Å². The predicted octanol–water partition coefficient (Wildman–Crippen LogP) is 4.37. The summed E-state index contributed by atoms with van der Waals surface area (Å²) in [4.78, 5) is 15.4. The molecular formula is C21H18ClF3N2O. The van der Waals surface area contributed by atoms with Crippen LogP contribution in [0.15, 0.2) is 42.5 Å². The molecule has 1 aliphatic rings. The van der Waals surface area contributed by atoms with Crippen molar-refractivity contribution >= 4 is 23.2 Å². The minimum Gasteiger partial charge on any atom is -0.367 e. The lowest BCUT2D eigenvalue weighted by Gasteiger charge is -2.36. The highest BCUT2D eigenvalue weighted by molar-refractivity contribution is 6.30. The van der Waals surface area contributed by atoms with E-state index in [-0.39, 0.29) is 29.7 Å². The number of anilines is 1. The van der Waals surface area contributed by atoms with Crippen LogP contribution in [-0.4, -0.2) is 37.0 Å². The van der Waals surface area contributed by atoms with E-state index in [1.54, 1.807) is 9.80 Å². The molecule has 1 aliphatic heterocycles. The number of carbonyl (C=O) groups excluding carboxylic acids is 1. The minimum absolute atomic E-state index is 0.0397. The first-order chi connectivity index (χ1) is 13.2. The molecule has 2 aromatic carbocycles. The van der Waals surface area contributed by atoms with E-state index in [2.05, 4.69) is 11.8 Å². The lowest BCUT2D eigenvalue weighted by Crippen LogP contribution is -2.48. The van der Waals surface area contributed by atoms with Crippen LogP contribution < -0.4 is 4.90 Å². The fourth-order valence-electron chi connectivity index (χ4n) is 3.00. The summed E-state index contributed by atoms with van der Waals surface area (Å²) in [5.41, 5.74) is 1.16. The van der Waals surface area contributed by atoms with Gasteiger partial charge in [-0.1, -0.05) is 35.2 Å². The third-order valence-corrected chi connectivity index (χ3v) is 4.77. The van der Waals surface area contributed by atoms with E-state index in [9.17, 15) is 18.0 Å². The Morgan fingerprint density at radius 3 is 2.29 bits per heavy atom. The predicted molar refractivity (Wildman–Crippen MR) is 103 cm³/mol. The number of rotatable bonds is 1. The van der Waals surface area contributed by atoms with Crippen LogP contribution in [0.4, 0.5) is 18.9 Å². The number of halogens is 4. The quantitative estimate of drug-likeness (QED) is 0.657. The Morgan fingerprint density at radius 2 is 1.68 bits per heavy atom. The lowest BCUT2D eigenvalue weighted by atomic mass is 10.1. The number of benzene rings is 2. The van der Waals surface area contributed by atoms with Crippen molar-refractivity contribution in [3.8, 4) is 11.8 Å². The topological polar surface area (TPSA) is 23.6 Å². The molecule has 3 nitrogen and oxygen atoms in total. The van der Waals surface area contributed by atoms with Gasteiger partial charge in [-0.2, -0.15) is 13.2 Å². The highest BCUT2D eigenvalue weighted by atomic mass is 35.5. The molecular weight excluding hydrogens is 389 g/mol. The Labute approximate surface area is 166 Å². The van der Waals surface area contributed by atoms with Crippen molar-refractivity contribution in [1.29, 1.82) is 0 Å². The van der Waals surface area contributed by atoms with Crippen LogP contribution in [0.2, 0.25) is 5.02 Å². The summed E-state index contributed by atoms with van der Waals surface area (Å²) in [6, 6.07) is 11.0. The van der Waals surface area contributed by atoms with Crippen LogP contribution >= 0.6 is 11.6 Å². The Hall–Kier alpha value is -2.65. The van der Waals surface area contributed by atoms with Crippen molar-refractivity contribution in [2.75, 3.05) is 31.1 Å². The second kappa shape index (κ2) is 8.15. The molecule has 2 aromatic rings. The van der Waals surface area contributed by atoms with E-state index in [0.29, 0.717) is 13.1 Å². The van der Waals surface area contributed by atoms with Gasteiger partial charge < -0.3 is 9.80 Å². The zero-order valence-corrected chi connectivity index (χ0v) is 15.9. The molecule has 7 heteroatoms.